The van der Waals surface area contributed by atoms with Gasteiger partial charge in [0.05, 0.1) is 0 Å². The van der Waals surface area contributed by atoms with Crippen LogP contribution in [0.3, 0.4) is 0 Å². The molecule has 1 unspecified atom stereocenters. The van der Waals surface area contributed by atoms with Gasteiger partial charge in [-0.25, -0.2) is 0 Å². The second-order valence-corrected chi connectivity index (χ2v) is 3.69. The van der Waals surface area contributed by atoms with Crippen molar-refractivity contribution in [2.75, 3.05) is 0 Å². The van der Waals surface area contributed by atoms with E-state index in [0.29, 0.717) is 0 Å². The van der Waals surface area contributed by atoms with Crippen molar-refractivity contribution in [3.05, 3.63) is 38.0 Å². The quantitative estimate of drug-likeness (QED) is 0.499. The van der Waals surface area contributed by atoms with E-state index in [9.17, 15) is 0 Å². The molecule has 0 amide bonds. The number of nitrogens with two attached hydrogens (primary N) is 1. The lowest BCUT2D eigenvalue weighted by molar-refractivity contribution is 0.335. The first-order valence-electron chi connectivity index (χ1n) is 5.18. The Hall–Kier alpha value is -1.26. The maximum absolute atomic E-state index is 6.34. The van der Waals surface area contributed by atoms with Gasteiger partial charge in [-0.3, -0.25) is 0 Å². The Bertz CT molecular complexity index is 267. The molecule has 0 heterocycles. The number of hydrogen-bond donors (Lipinski definition) is 1. The van der Waals surface area contributed by atoms with E-state index in [0.717, 1.165) is 19.3 Å². The van der Waals surface area contributed by atoms with Crippen LogP contribution in [0.5, 0.6) is 0 Å². The largest absolute Gasteiger partial charge is 0.324 e. The fraction of sp³-hybridized carbons (Fsp3) is 0.429. The lowest BCUT2D eigenvalue weighted by Crippen LogP contribution is -2.45. The molecule has 1 nitrogen and oxygen atoms in total. The molecule has 0 aromatic rings. The molecule has 0 aliphatic carbocycles. The van der Waals surface area contributed by atoms with Crippen molar-refractivity contribution in [2.45, 2.75) is 31.7 Å². The first-order chi connectivity index (χ1) is 7.14. The summed E-state index contributed by atoms with van der Waals surface area (Å²) in [6.45, 7) is 13.1. The molecule has 0 aliphatic heterocycles. The number of allylic oxidation sites excluding steroid dienone is 1. The number of hydrogen-bond acceptors (Lipinski definition) is 1. The van der Waals surface area contributed by atoms with Crippen LogP contribution in [0.4, 0.5) is 0 Å². The second kappa shape index (κ2) is 7.09. The van der Waals surface area contributed by atoms with Gasteiger partial charge in [-0.15, -0.1) is 25.7 Å². The first-order valence-corrected chi connectivity index (χ1v) is 5.18. The molecular weight excluding hydrogens is 182 g/mol. The van der Waals surface area contributed by atoms with E-state index in [1.54, 1.807) is 0 Å². The number of rotatable bonds is 7. The Morgan fingerprint density at radius 3 is 2.07 bits per heavy atom. The van der Waals surface area contributed by atoms with E-state index in [1.807, 2.05) is 25.2 Å². The molecule has 0 spiro atoms. The van der Waals surface area contributed by atoms with Gasteiger partial charge < -0.3 is 5.73 Å². The molecule has 0 aromatic heterocycles. The van der Waals surface area contributed by atoms with Crippen LogP contribution in [0.25, 0.3) is 0 Å². The van der Waals surface area contributed by atoms with Crippen LogP contribution in [0.2, 0.25) is 0 Å². The van der Waals surface area contributed by atoms with Crippen LogP contribution in [-0.2, 0) is 0 Å². The molecular formula is C14H21N. The molecule has 0 fully saturated rings. The van der Waals surface area contributed by atoms with Crippen LogP contribution in [0.1, 0.15) is 26.2 Å². The van der Waals surface area contributed by atoms with Crippen LogP contribution in [0, 0.1) is 17.8 Å². The van der Waals surface area contributed by atoms with E-state index in [2.05, 4.69) is 31.6 Å². The van der Waals surface area contributed by atoms with Gasteiger partial charge in [0.15, 0.2) is 0 Å². The molecule has 1 atom stereocenters. The highest BCUT2D eigenvalue weighted by atomic mass is 14.7. The molecule has 0 bridgehead atoms. The van der Waals surface area contributed by atoms with Gasteiger partial charge in [0.2, 0.25) is 0 Å². The monoisotopic (exact) mass is 203 g/mol. The van der Waals surface area contributed by atoms with Gasteiger partial charge in [-0.05, 0) is 26.2 Å². The third kappa shape index (κ3) is 4.18. The maximum Gasteiger partial charge on any atom is 0.0423 e. The molecule has 0 saturated heterocycles. The fourth-order valence-electron chi connectivity index (χ4n) is 1.68. The summed E-state index contributed by atoms with van der Waals surface area (Å²) in [6, 6.07) is 0. The summed E-state index contributed by atoms with van der Waals surface area (Å²) in [4.78, 5) is 0. The smallest absolute Gasteiger partial charge is 0.0423 e. The first kappa shape index (κ1) is 13.7. The van der Waals surface area contributed by atoms with Gasteiger partial charge in [-0.2, -0.15) is 0 Å². The van der Waals surface area contributed by atoms with Crippen LogP contribution >= 0.6 is 0 Å². The summed E-state index contributed by atoms with van der Waals surface area (Å²) in [5, 5.41) is 0. The zero-order chi connectivity index (χ0) is 11.7. The average molecular weight is 203 g/mol. The van der Waals surface area contributed by atoms with Crippen molar-refractivity contribution >= 4 is 0 Å². The molecule has 0 aromatic carbocycles. The second-order valence-electron chi connectivity index (χ2n) is 3.69. The topological polar surface area (TPSA) is 26.0 Å². The van der Waals surface area contributed by atoms with E-state index in [1.165, 1.54) is 0 Å². The Kier molecular flexibility index (Phi) is 6.49. The van der Waals surface area contributed by atoms with E-state index >= 15 is 0 Å². The summed E-state index contributed by atoms with van der Waals surface area (Å²) in [5.41, 5.74) is 5.98. The summed E-state index contributed by atoms with van der Waals surface area (Å²) >= 11 is 0. The lowest BCUT2D eigenvalue weighted by Gasteiger charge is -2.32. The van der Waals surface area contributed by atoms with Gasteiger partial charge in [0.1, 0.15) is 0 Å². The van der Waals surface area contributed by atoms with Crippen molar-refractivity contribution in [1.29, 1.82) is 0 Å². The Balaban J connectivity index is 4.91. The molecule has 1 heteroatoms. The van der Waals surface area contributed by atoms with Gasteiger partial charge >= 0.3 is 0 Å². The molecule has 0 aliphatic rings. The van der Waals surface area contributed by atoms with Gasteiger partial charge in [0.25, 0.3) is 0 Å². The summed E-state index contributed by atoms with van der Waals surface area (Å²) < 4.78 is 0. The average Bonchev–Trinajstić information content (AvgIpc) is 2.18. The molecule has 0 saturated carbocycles. The minimum atomic E-state index is -0.360. The molecule has 0 radical (unpaired) electrons. The van der Waals surface area contributed by atoms with E-state index in [4.69, 9.17) is 5.73 Å². The predicted octanol–water partition coefficient (Wildman–Crippen LogP) is 3.05. The maximum atomic E-state index is 6.34. The lowest BCUT2D eigenvalue weighted by atomic mass is 9.78. The summed E-state index contributed by atoms with van der Waals surface area (Å²) in [6.07, 6.45) is 7.84. The zero-order valence-electron chi connectivity index (χ0n) is 9.63. The van der Waals surface area contributed by atoms with Crippen molar-refractivity contribution in [3.63, 3.8) is 0 Å². The van der Waals surface area contributed by atoms with E-state index < -0.39 is 0 Å². The minimum Gasteiger partial charge on any atom is -0.324 e. The van der Waals surface area contributed by atoms with Crippen LogP contribution < -0.4 is 5.73 Å². The van der Waals surface area contributed by atoms with Crippen LogP contribution in [-0.4, -0.2) is 5.54 Å². The van der Waals surface area contributed by atoms with Crippen molar-refractivity contribution in [2.24, 2.45) is 11.7 Å². The summed E-state index contributed by atoms with van der Waals surface area (Å²) in [5.74, 6) is 6.20. The van der Waals surface area contributed by atoms with E-state index in [-0.39, 0.29) is 11.5 Å². The highest BCUT2D eigenvalue weighted by Crippen LogP contribution is 2.26. The standard InChI is InChI=1S/C14H21N/c1-5-9-13(10-6-2)14(15,11-7-3)12-8-4/h5,7-8,13H,1,3-4,9,11-12,15H2,2H3. The predicted molar refractivity (Wildman–Crippen MR) is 68.3 cm³/mol. The summed E-state index contributed by atoms with van der Waals surface area (Å²) in [7, 11) is 0. The van der Waals surface area contributed by atoms with Crippen LogP contribution in [0.15, 0.2) is 38.0 Å². The fourth-order valence-corrected chi connectivity index (χ4v) is 1.68. The SMILES string of the molecule is C=CCC(C#CC)C(N)(CC=C)CC=C. The van der Waals surface area contributed by atoms with Crippen molar-refractivity contribution in [3.8, 4) is 11.8 Å². The van der Waals surface area contributed by atoms with Crippen molar-refractivity contribution in [1.82, 2.24) is 0 Å². The highest BCUT2D eigenvalue weighted by Gasteiger charge is 2.30. The van der Waals surface area contributed by atoms with Gasteiger partial charge in [-0.1, -0.05) is 24.1 Å². The third-order valence-electron chi connectivity index (χ3n) is 2.46. The molecule has 0 rings (SSSR count). The third-order valence-corrected chi connectivity index (χ3v) is 2.46. The van der Waals surface area contributed by atoms with Gasteiger partial charge in [0, 0.05) is 11.5 Å². The normalized spacial score (nSPS) is 12.1. The molecule has 82 valence electrons. The Labute approximate surface area is 93.8 Å². The molecule has 15 heavy (non-hydrogen) atoms. The molecule has 2 N–H and O–H groups in total. The van der Waals surface area contributed by atoms with Crippen molar-refractivity contribution < 1.29 is 0 Å². The Morgan fingerprint density at radius 1 is 1.20 bits per heavy atom. The zero-order valence-corrected chi connectivity index (χ0v) is 9.63. The highest BCUT2D eigenvalue weighted by molar-refractivity contribution is 5.14. The minimum absolute atomic E-state index is 0.121. The Morgan fingerprint density at radius 2 is 1.73 bits per heavy atom.